The van der Waals surface area contributed by atoms with Crippen LogP contribution in [0.2, 0.25) is 0 Å². The topological polar surface area (TPSA) is 3.24 Å². The molecule has 0 aliphatic heterocycles. The third-order valence-corrected chi connectivity index (χ3v) is 11.3. The molecule has 0 saturated carbocycles. The maximum Gasteiger partial charge on any atom is 0.0546 e. The van der Waals surface area contributed by atoms with Crippen LogP contribution in [0.5, 0.6) is 0 Å². The Bertz CT molecular complexity index is 2850. The highest BCUT2D eigenvalue weighted by atomic mass is 32.1. The van der Waals surface area contributed by atoms with E-state index in [0.717, 1.165) is 17.1 Å². The first-order valence-corrected chi connectivity index (χ1v) is 17.9. The molecule has 0 atom stereocenters. The lowest BCUT2D eigenvalue weighted by atomic mass is 9.95. The minimum absolute atomic E-state index is 1.12. The van der Waals surface area contributed by atoms with Gasteiger partial charge in [0.05, 0.1) is 5.69 Å². The molecule has 10 aromatic rings. The van der Waals surface area contributed by atoms with Gasteiger partial charge in [-0.1, -0.05) is 152 Å². The lowest BCUT2D eigenvalue weighted by molar-refractivity contribution is 1.30. The van der Waals surface area contributed by atoms with Crippen LogP contribution in [-0.4, -0.2) is 0 Å². The molecule has 0 bridgehead atoms. The highest BCUT2D eigenvalue weighted by Crippen LogP contribution is 2.45. The molecule has 0 aliphatic rings. The van der Waals surface area contributed by atoms with E-state index >= 15 is 0 Å². The van der Waals surface area contributed by atoms with Crippen molar-refractivity contribution in [1.82, 2.24) is 0 Å². The van der Waals surface area contributed by atoms with Crippen molar-refractivity contribution in [3.05, 3.63) is 188 Å². The van der Waals surface area contributed by atoms with Gasteiger partial charge in [-0.2, -0.15) is 0 Å². The zero-order valence-corrected chi connectivity index (χ0v) is 28.1. The summed E-state index contributed by atoms with van der Waals surface area (Å²) in [5, 5.41) is 10.2. The summed E-state index contributed by atoms with van der Waals surface area (Å²) < 4.78 is 2.66. The van der Waals surface area contributed by atoms with Crippen molar-refractivity contribution in [2.75, 3.05) is 4.90 Å². The lowest BCUT2D eigenvalue weighted by Gasteiger charge is -2.28. The smallest absolute Gasteiger partial charge is 0.0546 e. The number of anilines is 3. The molecule has 234 valence electrons. The summed E-state index contributed by atoms with van der Waals surface area (Å²) in [5.41, 5.74) is 8.32. The van der Waals surface area contributed by atoms with E-state index in [1.807, 2.05) is 11.3 Å². The van der Waals surface area contributed by atoms with Gasteiger partial charge >= 0.3 is 0 Å². The summed E-state index contributed by atoms with van der Waals surface area (Å²) in [6, 6.07) is 68.7. The minimum Gasteiger partial charge on any atom is -0.310 e. The number of hydrogen-bond donors (Lipinski definition) is 0. The second-order valence-corrected chi connectivity index (χ2v) is 14.0. The van der Waals surface area contributed by atoms with Crippen LogP contribution in [0.25, 0.3) is 74.7 Å². The quantitative estimate of drug-likeness (QED) is 0.167. The Morgan fingerprint density at radius 1 is 0.340 bits per heavy atom. The van der Waals surface area contributed by atoms with Gasteiger partial charge in [-0.3, -0.25) is 0 Å². The van der Waals surface area contributed by atoms with E-state index in [4.69, 9.17) is 0 Å². The summed E-state index contributed by atoms with van der Waals surface area (Å²) in [5.74, 6) is 0. The fourth-order valence-electron chi connectivity index (χ4n) is 7.65. The van der Waals surface area contributed by atoms with Gasteiger partial charge in [0.1, 0.15) is 0 Å². The van der Waals surface area contributed by atoms with E-state index in [2.05, 4.69) is 193 Å². The zero-order valence-electron chi connectivity index (χ0n) is 27.3. The molecule has 0 amide bonds. The second-order valence-electron chi connectivity index (χ2n) is 12.9. The van der Waals surface area contributed by atoms with Gasteiger partial charge in [0, 0.05) is 36.9 Å². The zero-order chi connectivity index (χ0) is 33.0. The Labute approximate surface area is 294 Å². The van der Waals surface area contributed by atoms with Gasteiger partial charge in [0.2, 0.25) is 0 Å². The number of fused-ring (bicyclic) bond motifs is 8. The van der Waals surface area contributed by atoms with Gasteiger partial charge in [0.25, 0.3) is 0 Å². The molecule has 9 aromatic carbocycles. The Balaban J connectivity index is 1.18. The van der Waals surface area contributed by atoms with Crippen LogP contribution >= 0.6 is 11.3 Å². The second kappa shape index (κ2) is 11.7. The van der Waals surface area contributed by atoms with Gasteiger partial charge in [-0.15, -0.1) is 11.3 Å². The van der Waals surface area contributed by atoms with Crippen LogP contribution in [-0.2, 0) is 0 Å². The number of rotatable bonds is 5. The molecule has 0 radical (unpaired) electrons. The van der Waals surface area contributed by atoms with Gasteiger partial charge in [-0.25, -0.2) is 0 Å². The van der Waals surface area contributed by atoms with Crippen LogP contribution in [0.4, 0.5) is 17.1 Å². The van der Waals surface area contributed by atoms with Crippen molar-refractivity contribution < 1.29 is 0 Å². The number of benzene rings is 9. The largest absolute Gasteiger partial charge is 0.310 e. The molecule has 1 aromatic heterocycles. The summed E-state index contributed by atoms with van der Waals surface area (Å²) in [4.78, 5) is 2.43. The molecular weight excluding hydrogens is 623 g/mol. The standard InChI is InChI=1S/C48H31NS/c1-2-11-32(12-3-1)33-21-26-36(27-22-33)49(46-31-45-38-14-5-4-13-34(38)25-30-41(45)40-15-6-7-16-42(40)46)37-28-23-35(24-29-37)39-18-10-19-44-43-17-8-9-20-47(43)50-48(39)44/h1-31H. The van der Waals surface area contributed by atoms with E-state index in [1.165, 1.54) is 74.7 Å². The molecule has 0 saturated heterocycles. The third-order valence-electron chi connectivity index (χ3n) is 10.1. The van der Waals surface area contributed by atoms with Crippen molar-refractivity contribution in [2.24, 2.45) is 0 Å². The van der Waals surface area contributed by atoms with Crippen molar-refractivity contribution >= 4 is 80.9 Å². The molecule has 0 aliphatic carbocycles. The van der Waals surface area contributed by atoms with Crippen LogP contribution in [0.3, 0.4) is 0 Å². The minimum atomic E-state index is 1.12. The highest BCUT2D eigenvalue weighted by Gasteiger charge is 2.19. The average Bonchev–Trinajstić information content (AvgIpc) is 3.58. The normalized spacial score (nSPS) is 11.6. The highest BCUT2D eigenvalue weighted by molar-refractivity contribution is 7.26. The molecule has 1 nitrogen and oxygen atoms in total. The van der Waals surface area contributed by atoms with E-state index in [1.54, 1.807) is 0 Å². The van der Waals surface area contributed by atoms with Crippen molar-refractivity contribution in [2.45, 2.75) is 0 Å². The molecular formula is C48H31NS. The lowest BCUT2D eigenvalue weighted by Crippen LogP contribution is -2.10. The molecule has 0 fully saturated rings. The monoisotopic (exact) mass is 653 g/mol. The maximum atomic E-state index is 2.43. The van der Waals surface area contributed by atoms with Gasteiger partial charge < -0.3 is 4.90 Å². The van der Waals surface area contributed by atoms with E-state index < -0.39 is 0 Å². The molecule has 10 rings (SSSR count). The summed E-state index contributed by atoms with van der Waals surface area (Å²) in [6.45, 7) is 0. The first-order chi connectivity index (χ1) is 24.8. The fourth-order valence-corrected chi connectivity index (χ4v) is 8.89. The fraction of sp³-hybridized carbons (Fsp3) is 0. The van der Waals surface area contributed by atoms with Crippen molar-refractivity contribution in [1.29, 1.82) is 0 Å². The molecule has 1 heterocycles. The molecule has 50 heavy (non-hydrogen) atoms. The first-order valence-electron chi connectivity index (χ1n) is 17.1. The van der Waals surface area contributed by atoms with Crippen LogP contribution in [0.15, 0.2) is 188 Å². The maximum absolute atomic E-state index is 2.43. The molecule has 0 unspecified atom stereocenters. The summed E-state index contributed by atoms with van der Waals surface area (Å²) in [6.07, 6.45) is 0. The Kier molecular flexibility index (Phi) is 6.75. The Morgan fingerprint density at radius 2 is 0.920 bits per heavy atom. The predicted octanol–water partition coefficient (Wildman–Crippen LogP) is 14.3. The number of thiophene rings is 1. The number of hydrogen-bond acceptors (Lipinski definition) is 2. The summed E-state index contributed by atoms with van der Waals surface area (Å²) >= 11 is 1.88. The average molecular weight is 654 g/mol. The van der Waals surface area contributed by atoms with E-state index in [0.29, 0.717) is 0 Å². The molecule has 0 N–H and O–H groups in total. The van der Waals surface area contributed by atoms with Crippen molar-refractivity contribution in [3.8, 4) is 22.3 Å². The molecule has 2 heteroatoms. The Hall–Kier alpha value is -6.22. The Morgan fingerprint density at radius 3 is 1.70 bits per heavy atom. The van der Waals surface area contributed by atoms with Crippen LogP contribution in [0, 0.1) is 0 Å². The predicted molar refractivity (Wildman–Crippen MR) is 217 cm³/mol. The van der Waals surface area contributed by atoms with Gasteiger partial charge in [-0.05, 0) is 85.6 Å². The van der Waals surface area contributed by atoms with Gasteiger partial charge in [0.15, 0.2) is 0 Å². The van der Waals surface area contributed by atoms with Crippen LogP contribution in [0.1, 0.15) is 0 Å². The summed E-state index contributed by atoms with van der Waals surface area (Å²) in [7, 11) is 0. The van der Waals surface area contributed by atoms with Crippen molar-refractivity contribution in [3.63, 3.8) is 0 Å². The van der Waals surface area contributed by atoms with E-state index in [-0.39, 0.29) is 0 Å². The number of nitrogens with zero attached hydrogens (tertiary/aromatic N) is 1. The molecule has 0 spiro atoms. The SMILES string of the molecule is c1ccc(-c2ccc(N(c3ccc(-c4cccc5c4sc4ccccc45)cc3)c3cc4c5ccccc5ccc4c4ccccc34)cc2)cc1. The third kappa shape index (κ3) is 4.69. The van der Waals surface area contributed by atoms with Crippen LogP contribution < -0.4 is 4.90 Å². The first kappa shape index (κ1) is 28.8. The van der Waals surface area contributed by atoms with E-state index in [9.17, 15) is 0 Å².